The van der Waals surface area contributed by atoms with Crippen LogP contribution in [0.3, 0.4) is 0 Å². The zero-order valence-electron chi connectivity index (χ0n) is 14.9. The van der Waals surface area contributed by atoms with Gasteiger partial charge in [-0.3, -0.25) is 25.0 Å². The number of hydrogen-bond donors (Lipinski definition) is 1. The van der Waals surface area contributed by atoms with Crippen molar-refractivity contribution in [1.82, 2.24) is 9.78 Å². The number of rotatable bonds is 5. The molecule has 3 aromatic rings. The van der Waals surface area contributed by atoms with Gasteiger partial charge in [0.25, 0.3) is 17.3 Å². The molecule has 3 rings (SSSR count). The molecule has 142 valence electrons. The summed E-state index contributed by atoms with van der Waals surface area (Å²) < 4.78 is 1.43. The molecule has 1 aromatic heterocycles. The molecule has 1 amide bonds. The zero-order valence-corrected chi connectivity index (χ0v) is 14.9. The quantitative estimate of drug-likeness (QED) is 0.530. The lowest BCUT2D eigenvalue weighted by Crippen LogP contribution is -2.16. The largest absolute Gasteiger partial charge is 0.306 e. The highest BCUT2D eigenvalue weighted by molar-refractivity contribution is 6.05. The Hall–Kier alpha value is -4.08. The van der Waals surface area contributed by atoms with Crippen LogP contribution in [0.2, 0.25) is 0 Å². The van der Waals surface area contributed by atoms with Crippen LogP contribution < -0.4 is 5.32 Å². The summed E-state index contributed by atoms with van der Waals surface area (Å²) in [4.78, 5) is 33.5. The van der Waals surface area contributed by atoms with Crippen molar-refractivity contribution in [2.45, 2.75) is 13.8 Å². The maximum atomic E-state index is 12.7. The van der Waals surface area contributed by atoms with Gasteiger partial charge in [-0.15, -0.1) is 0 Å². The van der Waals surface area contributed by atoms with E-state index in [1.54, 1.807) is 13.0 Å². The first-order valence-electron chi connectivity index (χ1n) is 8.15. The predicted molar refractivity (Wildman–Crippen MR) is 101 cm³/mol. The lowest BCUT2D eigenvalue weighted by molar-refractivity contribution is -0.385. The molecule has 0 bridgehead atoms. The molecule has 1 N–H and O–H groups in total. The second-order valence-corrected chi connectivity index (χ2v) is 6.02. The number of carbonyl (C=O) groups excluding carboxylic acids is 1. The summed E-state index contributed by atoms with van der Waals surface area (Å²) in [6.07, 6.45) is 0. The van der Waals surface area contributed by atoms with Crippen LogP contribution in [0.25, 0.3) is 5.69 Å². The summed E-state index contributed by atoms with van der Waals surface area (Å²) in [6, 6.07) is 11.6. The molecule has 10 nitrogen and oxygen atoms in total. The number of non-ortho nitro benzene ring substituents is 1. The van der Waals surface area contributed by atoms with Crippen LogP contribution in [-0.4, -0.2) is 25.5 Å². The van der Waals surface area contributed by atoms with Crippen LogP contribution in [0, 0.1) is 34.1 Å². The first-order chi connectivity index (χ1) is 13.3. The van der Waals surface area contributed by atoms with Gasteiger partial charge in [0.05, 0.1) is 21.2 Å². The molecule has 2 aromatic carbocycles. The number of nitrogens with zero attached hydrogens (tertiary/aromatic N) is 4. The van der Waals surface area contributed by atoms with E-state index in [4.69, 9.17) is 0 Å². The van der Waals surface area contributed by atoms with E-state index in [1.807, 2.05) is 0 Å². The van der Waals surface area contributed by atoms with Crippen LogP contribution in [0.1, 0.15) is 21.6 Å². The SMILES string of the molecule is Cc1cc(NC(=O)c2cccc([N+](=O)[O-])c2C)n(-c2ccc([N+](=O)[O-])cc2)n1. The van der Waals surface area contributed by atoms with E-state index in [0.717, 1.165) is 0 Å². The zero-order chi connectivity index (χ0) is 20.4. The summed E-state index contributed by atoms with van der Waals surface area (Å²) in [6.45, 7) is 3.24. The Morgan fingerprint density at radius 1 is 1.04 bits per heavy atom. The Morgan fingerprint density at radius 3 is 2.32 bits per heavy atom. The third kappa shape index (κ3) is 3.56. The van der Waals surface area contributed by atoms with Gasteiger partial charge in [0, 0.05) is 35.4 Å². The number of carbonyl (C=O) groups is 1. The normalized spacial score (nSPS) is 10.5. The maximum Gasteiger partial charge on any atom is 0.273 e. The van der Waals surface area contributed by atoms with Gasteiger partial charge in [-0.05, 0) is 32.0 Å². The average Bonchev–Trinajstić information content (AvgIpc) is 3.01. The van der Waals surface area contributed by atoms with Gasteiger partial charge >= 0.3 is 0 Å². The fraction of sp³-hybridized carbons (Fsp3) is 0.111. The molecule has 0 unspecified atom stereocenters. The van der Waals surface area contributed by atoms with Gasteiger partial charge in [-0.1, -0.05) is 6.07 Å². The Labute approximate surface area is 158 Å². The Morgan fingerprint density at radius 2 is 1.71 bits per heavy atom. The third-order valence-electron chi connectivity index (χ3n) is 4.12. The van der Waals surface area contributed by atoms with Gasteiger partial charge in [0.15, 0.2) is 0 Å². The van der Waals surface area contributed by atoms with E-state index in [0.29, 0.717) is 17.2 Å². The fourth-order valence-corrected chi connectivity index (χ4v) is 2.75. The number of aryl methyl sites for hydroxylation is 1. The first kappa shape index (κ1) is 18.7. The Balaban J connectivity index is 1.94. The second kappa shape index (κ2) is 7.27. The van der Waals surface area contributed by atoms with Crippen molar-refractivity contribution in [1.29, 1.82) is 0 Å². The molecule has 0 aliphatic heterocycles. The molecule has 0 fully saturated rings. The predicted octanol–water partition coefficient (Wildman–Crippen LogP) is 3.56. The van der Waals surface area contributed by atoms with E-state index in [9.17, 15) is 25.0 Å². The topological polar surface area (TPSA) is 133 Å². The molecular weight excluding hydrogens is 366 g/mol. The van der Waals surface area contributed by atoms with Crippen molar-refractivity contribution in [3.8, 4) is 5.69 Å². The third-order valence-corrected chi connectivity index (χ3v) is 4.12. The number of nitro benzene ring substituents is 2. The molecule has 0 aliphatic carbocycles. The highest BCUT2D eigenvalue weighted by Gasteiger charge is 2.20. The average molecular weight is 381 g/mol. The molecule has 0 saturated heterocycles. The molecule has 0 aliphatic rings. The van der Waals surface area contributed by atoms with Gasteiger partial charge in [-0.2, -0.15) is 5.10 Å². The summed E-state index contributed by atoms with van der Waals surface area (Å²) in [5.41, 5.74) is 1.35. The Bertz CT molecular complexity index is 1090. The molecule has 0 radical (unpaired) electrons. The van der Waals surface area contributed by atoms with Crippen molar-refractivity contribution in [2.75, 3.05) is 5.32 Å². The second-order valence-electron chi connectivity index (χ2n) is 6.02. The van der Waals surface area contributed by atoms with Gasteiger partial charge in [0.1, 0.15) is 5.82 Å². The highest BCUT2D eigenvalue weighted by Crippen LogP contribution is 2.24. The van der Waals surface area contributed by atoms with Crippen molar-refractivity contribution in [3.63, 3.8) is 0 Å². The summed E-state index contributed by atoms with van der Waals surface area (Å²) >= 11 is 0. The smallest absolute Gasteiger partial charge is 0.273 e. The number of benzene rings is 2. The minimum atomic E-state index is -0.544. The minimum Gasteiger partial charge on any atom is -0.306 e. The lowest BCUT2D eigenvalue weighted by atomic mass is 10.1. The lowest BCUT2D eigenvalue weighted by Gasteiger charge is -2.10. The molecule has 10 heteroatoms. The number of nitrogens with one attached hydrogen (secondary N) is 1. The van der Waals surface area contributed by atoms with Crippen LogP contribution in [0.15, 0.2) is 48.5 Å². The number of nitro groups is 2. The summed E-state index contributed by atoms with van der Waals surface area (Å²) in [5.74, 6) is -0.188. The standard InChI is InChI=1S/C18H15N5O5/c1-11-10-17(21(20-11)13-6-8-14(9-7-13)22(25)26)19-18(24)15-4-3-5-16(12(15)2)23(27)28/h3-10H,1-2H3,(H,19,24). The summed E-state index contributed by atoms with van der Waals surface area (Å²) in [5, 5.41) is 28.9. The fourth-order valence-electron chi connectivity index (χ4n) is 2.75. The first-order valence-corrected chi connectivity index (χ1v) is 8.15. The number of anilines is 1. The number of aromatic nitrogens is 2. The van der Waals surface area contributed by atoms with Gasteiger partial charge in [-0.25, -0.2) is 4.68 Å². The maximum absolute atomic E-state index is 12.7. The van der Waals surface area contributed by atoms with Crippen LogP contribution in [0.4, 0.5) is 17.2 Å². The van der Waals surface area contributed by atoms with Gasteiger partial charge < -0.3 is 5.32 Å². The van der Waals surface area contributed by atoms with Gasteiger partial charge in [0.2, 0.25) is 0 Å². The number of amides is 1. The van der Waals surface area contributed by atoms with Crippen LogP contribution >= 0.6 is 0 Å². The molecular formula is C18H15N5O5. The van der Waals surface area contributed by atoms with Crippen molar-refractivity contribution >= 4 is 23.1 Å². The van der Waals surface area contributed by atoms with E-state index >= 15 is 0 Å². The van der Waals surface area contributed by atoms with Crippen LogP contribution in [-0.2, 0) is 0 Å². The molecule has 0 atom stereocenters. The van der Waals surface area contributed by atoms with E-state index in [1.165, 1.54) is 54.1 Å². The monoisotopic (exact) mass is 381 g/mol. The number of hydrogen-bond acceptors (Lipinski definition) is 6. The highest BCUT2D eigenvalue weighted by atomic mass is 16.6. The van der Waals surface area contributed by atoms with E-state index < -0.39 is 15.8 Å². The molecule has 28 heavy (non-hydrogen) atoms. The molecule has 1 heterocycles. The minimum absolute atomic E-state index is 0.0644. The summed E-state index contributed by atoms with van der Waals surface area (Å²) in [7, 11) is 0. The van der Waals surface area contributed by atoms with Crippen LogP contribution in [0.5, 0.6) is 0 Å². The van der Waals surface area contributed by atoms with Crippen molar-refractivity contribution in [3.05, 3.63) is 85.6 Å². The molecule has 0 saturated carbocycles. The van der Waals surface area contributed by atoms with E-state index in [2.05, 4.69) is 10.4 Å². The van der Waals surface area contributed by atoms with Crippen molar-refractivity contribution in [2.24, 2.45) is 0 Å². The Kier molecular flexibility index (Phi) is 4.86. The molecule has 0 spiro atoms. The van der Waals surface area contributed by atoms with Crippen molar-refractivity contribution < 1.29 is 14.6 Å². The van der Waals surface area contributed by atoms with E-state index in [-0.39, 0.29) is 22.5 Å².